The van der Waals surface area contributed by atoms with Crippen molar-refractivity contribution >= 4 is 11.8 Å². The van der Waals surface area contributed by atoms with Gasteiger partial charge in [0.2, 0.25) is 5.95 Å². The van der Waals surface area contributed by atoms with Gasteiger partial charge in [-0.3, -0.25) is 0 Å². The summed E-state index contributed by atoms with van der Waals surface area (Å²) in [6.45, 7) is 3.97. The summed E-state index contributed by atoms with van der Waals surface area (Å²) in [6.07, 6.45) is 5.50. The van der Waals surface area contributed by atoms with Crippen LogP contribution in [0.25, 0.3) is 5.69 Å². The molecule has 0 spiro atoms. The van der Waals surface area contributed by atoms with E-state index < -0.39 is 0 Å². The molecule has 1 aliphatic rings. The first-order valence-corrected chi connectivity index (χ1v) is 8.94. The van der Waals surface area contributed by atoms with Gasteiger partial charge in [-0.25, -0.2) is 9.67 Å². The molecule has 0 amide bonds. The summed E-state index contributed by atoms with van der Waals surface area (Å²) < 4.78 is 1.88. The maximum Gasteiger partial charge on any atom is 0.222 e. The monoisotopic (exact) mass is 349 g/mol. The smallest absolute Gasteiger partial charge is 0.222 e. The number of anilines is 2. The van der Waals surface area contributed by atoms with E-state index in [1.807, 2.05) is 29.1 Å². The summed E-state index contributed by atoms with van der Waals surface area (Å²) in [5.74, 6) is 1.15. The lowest BCUT2D eigenvalue weighted by Crippen LogP contribution is -2.17. The quantitative estimate of drug-likeness (QED) is 0.668. The van der Waals surface area contributed by atoms with Crippen molar-refractivity contribution in [3.8, 4) is 5.69 Å². The zero-order valence-electron chi connectivity index (χ0n) is 14.8. The molecule has 7 heteroatoms. The van der Waals surface area contributed by atoms with Crippen molar-refractivity contribution < 1.29 is 0 Å². The van der Waals surface area contributed by atoms with Crippen LogP contribution in [0.5, 0.6) is 0 Å². The summed E-state index contributed by atoms with van der Waals surface area (Å²) in [7, 11) is 0. The fourth-order valence-electron chi connectivity index (χ4n) is 3.44. The molecule has 0 fully saturated rings. The Labute approximate surface area is 152 Å². The number of nitrogen functional groups attached to an aromatic ring is 1. The summed E-state index contributed by atoms with van der Waals surface area (Å²) >= 11 is 0. The second-order valence-corrected chi connectivity index (χ2v) is 6.48. The zero-order valence-corrected chi connectivity index (χ0v) is 14.8. The van der Waals surface area contributed by atoms with E-state index in [9.17, 15) is 0 Å². The van der Waals surface area contributed by atoms with Crippen molar-refractivity contribution in [2.24, 2.45) is 0 Å². The highest BCUT2D eigenvalue weighted by atomic mass is 15.3. The maximum absolute atomic E-state index is 5.96. The van der Waals surface area contributed by atoms with Gasteiger partial charge in [-0.2, -0.15) is 10.1 Å². The molecule has 1 aromatic carbocycles. The van der Waals surface area contributed by atoms with E-state index >= 15 is 0 Å². The first-order valence-electron chi connectivity index (χ1n) is 8.94. The van der Waals surface area contributed by atoms with Crippen LogP contribution in [0.1, 0.15) is 29.8 Å². The molecule has 26 heavy (non-hydrogen) atoms. The first kappa shape index (κ1) is 16.5. The standard InChI is InChI=1S/C19H23N7/c1-13(14-5-2-3-6-17(14)26-12-4-9-22-26)23-18-15-7-10-21-11-8-16(15)24-19(20)25-18/h2-6,9,12-13,21H,7-8,10-11H2,1H3,(H3,20,23,24,25)/t13-/m1/s1. The van der Waals surface area contributed by atoms with E-state index in [1.165, 1.54) is 0 Å². The van der Waals surface area contributed by atoms with E-state index in [1.54, 1.807) is 6.20 Å². The third-order valence-electron chi connectivity index (χ3n) is 4.71. The minimum atomic E-state index is 0.0463. The summed E-state index contributed by atoms with van der Waals surface area (Å²) in [6, 6.07) is 10.2. The van der Waals surface area contributed by atoms with Gasteiger partial charge in [0.25, 0.3) is 0 Å². The number of aromatic nitrogens is 4. The molecule has 0 bridgehead atoms. The summed E-state index contributed by atoms with van der Waals surface area (Å²) in [5.41, 5.74) is 10.4. The highest BCUT2D eigenvalue weighted by Crippen LogP contribution is 2.27. The Bertz CT molecular complexity index is 889. The Hall–Kier alpha value is -2.93. The largest absolute Gasteiger partial charge is 0.368 e. The lowest BCUT2D eigenvalue weighted by Gasteiger charge is -2.21. The number of hydrogen-bond acceptors (Lipinski definition) is 6. The van der Waals surface area contributed by atoms with Crippen molar-refractivity contribution in [1.82, 2.24) is 25.1 Å². The van der Waals surface area contributed by atoms with Crippen LogP contribution in [-0.4, -0.2) is 32.8 Å². The molecule has 4 N–H and O–H groups in total. The second-order valence-electron chi connectivity index (χ2n) is 6.48. The fraction of sp³-hybridized carbons (Fsp3) is 0.316. The number of benzene rings is 1. The lowest BCUT2D eigenvalue weighted by molar-refractivity contribution is 0.708. The molecule has 0 saturated heterocycles. The first-order chi connectivity index (χ1) is 12.7. The van der Waals surface area contributed by atoms with Gasteiger partial charge in [-0.05, 0) is 37.6 Å². The Morgan fingerprint density at radius 1 is 1.15 bits per heavy atom. The Kier molecular flexibility index (Phi) is 4.53. The van der Waals surface area contributed by atoms with Gasteiger partial charge in [0.05, 0.1) is 17.4 Å². The molecule has 4 rings (SSSR count). The van der Waals surface area contributed by atoms with Gasteiger partial charge < -0.3 is 16.4 Å². The van der Waals surface area contributed by atoms with E-state index in [0.717, 1.165) is 54.3 Å². The molecule has 0 radical (unpaired) electrons. The SMILES string of the molecule is C[C@@H](Nc1nc(N)nc2c1CCNCC2)c1ccccc1-n1cccn1. The van der Waals surface area contributed by atoms with Crippen LogP contribution in [0.4, 0.5) is 11.8 Å². The number of nitrogens with zero attached hydrogens (tertiary/aromatic N) is 4. The van der Waals surface area contributed by atoms with Crippen molar-refractivity contribution in [1.29, 1.82) is 0 Å². The molecule has 0 aliphatic carbocycles. The average molecular weight is 349 g/mol. The van der Waals surface area contributed by atoms with E-state index in [-0.39, 0.29) is 6.04 Å². The van der Waals surface area contributed by atoms with Gasteiger partial charge in [0, 0.05) is 30.9 Å². The minimum absolute atomic E-state index is 0.0463. The van der Waals surface area contributed by atoms with Crippen LogP contribution < -0.4 is 16.4 Å². The fourth-order valence-corrected chi connectivity index (χ4v) is 3.44. The van der Waals surface area contributed by atoms with Crippen LogP contribution in [0.15, 0.2) is 42.7 Å². The summed E-state index contributed by atoms with van der Waals surface area (Å²) in [5, 5.41) is 11.3. The zero-order chi connectivity index (χ0) is 17.9. The van der Waals surface area contributed by atoms with E-state index in [4.69, 9.17) is 5.73 Å². The van der Waals surface area contributed by atoms with Crippen molar-refractivity contribution in [3.05, 3.63) is 59.5 Å². The van der Waals surface area contributed by atoms with Crippen LogP contribution in [0.2, 0.25) is 0 Å². The number of fused-ring (bicyclic) bond motifs is 1. The molecule has 3 aromatic rings. The normalized spacial score (nSPS) is 15.1. The topological polar surface area (TPSA) is 93.7 Å². The van der Waals surface area contributed by atoms with Crippen LogP contribution in [0, 0.1) is 0 Å². The maximum atomic E-state index is 5.96. The van der Waals surface area contributed by atoms with E-state index in [2.05, 4.69) is 44.8 Å². The molecule has 0 saturated carbocycles. The predicted molar refractivity (Wildman–Crippen MR) is 102 cm³/mol. The third kappa shape index (κ3) is 3.25. The number of para-hydroxylation sites is 1. The highest BCUT2D eigenvalue weighted by molar-refractivity contribution is 5.53. The Morgan fingerprint density at radius 2 is 2.00 bits per heavy atom. The van der Waals surface area contributed by atoms with Gasteiger partial charge in [-0.15, -0.1) is 0 Å². The van der Waals surface area contributed by atoms with Crippen molar-refractivity contribution in [2.75, 3.05) is 24.1 Å². The van der Waals surface area contributed by atoms with E-state index in [0.29, 0.717) is 5.95 Å². The molecule has 3 heterocycles. The van der Waals surface area contributed by atoms with Crippen LogP contribution in [-0.2, 0) is 12.8 Å². The number of nitrogens with two attached hydrogens (primary N) is 1. The van der Waals surface area contributed by atoms with Gasteiger partial charge in [0.1, 0.15) is 5.82 Å². The molecular formula is C19H23N7. The molecule has 134 valence electrons. The second kappa shape index (κ2) is 7.13. The number of hydrogen-bond donors (Lipinski definition) is 3. The van der Waals surface area contributed by atoms with Gasteiger partial charge in [-0.1, -0.05) is 18.2 Å². The summed E-state index contributed by atoms with van der Waals surface area (Å²) in [4.78, 5) is 8.94. The lowest BCUT2D eigenvalue weighted by atomic mass is 10.0. The third-order valence-corrected chi connectivity index (χ3v) is 4.71. The average Bonchev–Trinajstić information content (AvgIpc) is 3.07. The van der Waals surface area contributed by atoms with Gasteiger partial charge in [0.15, 0.2) is 0 Å². The molecule has 1 aliphatic heterocycles. The highest BCUT2D eigenvalue weighted by Gasteiger charge is 2.19. The molecule has 1 atom stereocenters. The Balaban J connectivity index is 1.68. The Morgan fingerprint density at radius 3 is 2.85 bits per heavy atom. The number of nitrogens with one attached hydrogen (secondary N) is 2. The number of rotatable bonds is 4. The van der Waals surface area contributed by atoms with Crippen LogP contribution >= 0.6 is 0 Å². The molecule has 7 nitrogen and oxygen atoms in total. The molecule has 2 aromatic heterocycles. The predicted octanol–water partition coefficient (Wildman–Crippen LogP) is 2.11. The van der Waals surface area contributed by atoms with Gasteiger partial charge >= 0.3 is 0 Å². The van der Waals surface area contributed by atoms with Crippen molar-refractivity contribution in [2.45, 2.75) is 25.8 Å². The molecular weight excluding hydrogens is 326 g/mol. The molecule has 0 unspecified atom stereocenters. The minimum Gasteiger partial charge on any atom is -0.368 e. The van der Waals surface area contributed by atoms with Crippen LogP contribution in [0.3, 0.4) is 0 Å². The van der Waals surface area contributed by atoms with Crippen molar-refractivity contribution in [3.63, 3.8) is 0 Å².